The van der Waals surface area contributed by atoms with Crippen LogP contribution in [0.25, 0.3) is 76.8 Å². The SMILES string of the molecule is CC1(C)c2cccc3c(-c4cccc(N(c5ccc(-c6ccccc6)cc5)c5ccc(-c6cccc(-c7ccccc7)c6)cc5)c4)cc4c5ccccc5cc(c4c23)C1(C)C. The summed E-state index contributed by atoms with van der Waals surface area (Å²) in [5.41, 5.74) is 15.8. The van der Waals surface area contributed by atoms with Gasteiger partial charge in [0.05, 0.1) is 0 Å². The third-order valence-corrected chi connectivity index (χ3v) is 14.0. The van der Waals surface area contributed by atoms with E-state index in [4.69, 9.17) is 0 Å². The van der Waals surface area contributed by atoms with E-state index in [9.17, 15) is 0 Å². The maximum Gasteiger partial charge on any atom is 0.0467 e. The predicted octanol–water partition coefficient (Wildman–Crippen LogP) is 16.9. The molecule has 0 amide bonds. The fourth-order valence-electron chi connectivity index (χ4n) is 9.99. The smallest absolute Gasteiger partial charge is 0.0467 e. The van der Waals surface area contributed by atoms with Crippen molar-refractivity contribution in [2.75, 3.05) is 4.90 Å². The Labute approximate surface area is 359 Å². The van der Waals surface area contributed by atoms with Crippen molar-refractivity contribution >= 4 is 49.4 Å². The summed E-state index contributed by atoms with van der Waals surface area (Å²) < 4.78 is 0. The Balaban J connectivity index is 1.08. The van der Waals surface area contributed by atoms with E-state index in [1.54, 1.807) is 0 Å². The van der Waals surface area contributed by atoms with Gasteiger partial charge in [-0.05, 0) is 153 Å². The molecule has 0 aromatic heterocycles. The average Bonchev–Trinajstić information content (AvgIpc) is 3.31. The van der Waals surface area contributed by atoms with E-state index in [-0.39, 0.29) is 10.8 Å². The zero-order valence-electron chi connectivity index (χ0n) is 35.2. The largest absolute Gasteiger partial charge is 0.310 e. The normalized spacial score (nSPS) is 13.8. The highest BCUT2D eigenvalue weighted by Gasteiger charge is 2.45. The third-order valence-electron chi connectivity index (χ3n) is 14.0. The number of hydrogen-bond acceptors (Lipinski definition) is 1. The summed E-state index contributed by atoms with van der Waals surface area (Å²) in [6.45, 7) is 9.74. The van der Waals surface area contributed by atoms with Crippen molar-refractivity contribution in [1.82, 2.24) is 0 Å². The summed E-state index contributed by atoms with van der Waals surface area (Å²) in [7, 11) is 0. The molecule has 0 bridgehead atoms. The van der Waals surface area contributed by atoms with Crippen LogP contribution < -0.4 is 4.90 Å². The molecule has 292 valence electrons. The van der Waals surface area contributed by atoms with Crippen molar-refractivity contribution in [2.45, 2.75) is 38.5 Å². The van der Waals surface area contributed by atoms with Crippen LogP contribution in [0.3, 0.4) is 0 Å². The number of hydrogen-bond donors (Lipinski definition) is 0. The molecule has 0 spiro atoms. The molecule has 10 aromatic rings. The molecule has 1 nitrogen and oxygen atoms in total. The monoisotopic (exact) mass is 781 g/mol. The zero-order valence-corrected chi connectivity index (χ0v) is 35.2. The van der Waals surface area contributed by atoms with Crippen molar-refractivity contribution in [3.05, 3.63) is 223 Å². The van der Waals surface area contributed by atoms with E-state index in [1.165, 1.54) is 88.0 Å². The lowest BCUT2D eigenvalue weighted by Gasteiger charge is -2.47. The van der Waals surface area contributed by atoms with Crippen LogP contribution in [0.2, 0.25) is 0 Å². The molecule has 0 radical (unpaired) electrons. The van der Waals surface area contributed by atoms with Gasteiger partial charge in [0.25, 0.3) is 0 Å². The summed E-state index contributed by atoms with van der Waals surface area (Å²) in [5, 5.41) is 8.04. The summed E-state index contributed by atoms with van der Waals surface area (Å²) >= 11 is 0. The van der Waals surface area contributed by atoms with Gasteiger partial charge in [-0.25, -0.2) is 0 Å². The first kappa shape index (κ1) is 36.8. The van der Waals surface area contributed by atoms with Crippen LogP contribution in [-0.4, -0.2) is 0 Å². The van der Waals surface area contributed by atoms with E-state index in [0.29, 0.717) is 0 Å². The molecule has 0 heterocycles. The highest BCUT2D eigenvalue weighted by Crippen LogP contribution is 2.56. The van der Waals surface area contributed by atoms with Crippen LogP contribution in [0.4, 0.5) is 17.1 Å². The van der Waals surface area contributed by atoms with Gasteiger partial charge in [0.15, 0.2) is 0 Å². The van der Waals surface area contributed by atoms with Crippen molar-refractivity contribution in [2.24, 2.45) is 0 Å². The lowest BCUT2D eigenvalue weighted by molar-refractivity contribution is 0.305. The van der Waals surface area contributed by atoms with Gasteiger partial charge in [-0.2, -0.15) is 0 Å². The Bertz CT molecular complexity index is 3270. The molecule has 0 N–H and O–H groups in total. The van der Waals surface area contributed by atoms with Crippen LogP contribution in [0.15, 0.2) is 212 Å². The Kier molecular flexibility index (Phi) is 8.58. The summed E-state index contributed by atoms with van der Waals surface area (Å²) in [6, 6.07) is 78.2. The molecule has 0 unspecified atom stereocenters. The Morgan fingerprint density at radius 3 is 1.44 bits per heavy atom. The van der Waals surface area contributed by atoms with Crippen molar-refractivity contribution < 1.29 is 0 Å². The van der Waals surface area contributed by atoms with Gasteiger partial charge in [-0.3, -0.25) is 0 Å². The topological polar surface area (TPSA) is 3.24 Å². The minimum absolute atomic E-state index is 0.0607. The van der Waals surface area contributed by atoms with E-state index in [1.807, 2.05) is 0 Å². The second-order valence-electron chi connectivity index (χ2n) is 17.8. The molecule has 1 aliphatic carbocycles. The van der Waals surface area contributed by atoms with E-state index in [2.05, 4.69) is 245 Å². The molecule has 0 aliphatic heterocycles. The molecule has 0 saturated carbocycles. The van der Waals surface area contributed by atoms with Gasteiger partial charge < -0.3 is 4.90 Å². The molecule has 0 fully saturated rings. The Hall–Kier alpha value is -7.22. The number of rotatable bonds is 7. The highest BCUT2D eigenvalue weighted by molar-refractivity contribution is 6.24. The fraction of sp³-hybridized carbons (Fsp3) is 0.100. The molecule has 0 saturated heterocycles. The van der Waals surface area contributed by atoms with Gasteiger partial charge >= 0.3 is 0 Å². The lowest BCUT2D eigenvalue weighted by Crippen LogP contribution is -2.42. The lowest BCUT2D eigenvalue weighted by atomic mass is 9.56. The van der Waals surface area contributed by atoms with Gasteiger partial charge in [0.1, 0.15) is 0 Å². The molecule has 1 aliphatic rings. The maximum absolute atomic E-state index is 2.48. The van der Waals surface area contributed by atoms with E-state index in [0.717, 1.165) is 17.1 Å². The molecule has 1 heteroatoms. The van der Waals surface area contributed by atoms with Crippen molar-refractivity contribution in [3.8, 4) is 44.5 Å². The molecular weight excluding hydrogens is 735 g/mol. The zero-order chi connectivity index (χ0) is 41.3. The summed E-state index contributed by atoms with van der Waals surface area (Å²) in [4.78, 5) is 2.40. The second-order valence-corrected chi connectivity index (χ2v) is 17.8. The molecule has 10 aromatic carbocycles. The predicted molar refractivity (Wildman–Crippen MR) is 261 cm³/mol. The van der Waals surface area contributed by atoms with Crippen LogP contribution >= 0.6 is 0 Å². The third kappa shape index (κ3) is 5.99. The molecular formula is C60H47N. The maximum atomic E-state index is 2.48. The van der Waals surface area contributed by atoms with Crippen LogP contribution in [0, 0.1) is 0 Å². The average molecular weight is 782 g/mol. The van der Waals surface area contributed by atoms with Crippen molar-refractivity contribution in [3.63, 3.8) is 0 Å². The molecule has 61 heavy (non-hydrogen) atoms. The minimum atomic E-state index is -0.0763. The van der Waals surface area contributed by atoms with E-state index < -0.39 is 0 Å². The first-order valence-electron chi connectivity index (χ1n) is 21.5. The summed E-state index contributed by atoms with van der Waals surface area (Å²) in [6.07, 6.45) is 0. The first-order chi connectivity index (χ1) is 29.8. The highest BCUT2D eigenvalue weighted by atomic mass is 15.1. The number of benzene rings is 10. The van der Waals surface area contributed by atoms with Gasteiger partial charge in [-0.15, -0.1) is 0 Å². The number of fused-ring (bicyclic) bond motifs is 2. The van der Waals surface area contributed by atoms with Gasteiger partial charge in [0, 0.05) is 17.1 Å². The summed E-state index contributed by atoms with van der Waals surface area (Å²) in [5.74, 6) is 0. The number of nitrogens with zero attached hydrogens (tertiary/aromatic N) is 1. The Morgan fingerprint density at radius 1 is 0.295 bits per heavy atom. The van der Waals surface area contributed by atoms with Crippen LogP contribution in [0.5, 0.6) is 0 Å². The van der Waals surface area contributed by atoms with Crippen LogP contribution in [0.1, 0.15) is 38.8 Å². The standard InChI is InChI=1S/C60H47N/c1-59(2)55-27-15-26-52-53(39-54-51-25-12-11-20-47(51)38-56(60(59,3)4)58(54)57(52)55)46-23-14-24-50(37-46)61(48-32-28-42(29-33-48)40-16-7-5-8-17-40)49-34-30-43(31-35-49)45-22-13-21-44(36-45)41-18-9-6-10-19-41/h5-39H,1-4H3. The molecule has 11 rings (SSSR count). The van der Waals surface area contributed by atoms with Gasteiger partial charge in [-0.1, -0.05) is 185 Å². The fourth-order valence-corrected chi connectivity index (χ4v) is 9.99. The minimum Gasteiger partial charge on any atom is -0.310 e. The second kappa shape index (κ2) is 14.2. The number of anilines is 3. The quantitative estimate of drug-likeness (QED) is 0.146. The first-order valence-corrected chi connectivity index (χ1v) is 21.5. The van der Waals surface area contributed by atoms with Gasteiger partial charge in [0.2, 0.25) is 0 Å². The van der Waals surface area contributed by atoms with E-state index >= 15 is 0 Å². The molecule has 0 atom stereocenters. The Morgan fingerprint density at radius 2 is 0.770 bits per heavy atom. The van der Waals surface area contributed by atoms with Crippen LogP contribution in [-0.2, 0) is 10.8 Å². The van der Waals surface area contributed by atoms with Crippen molar-refractivity contribution in [1.29, 1.82) is 0 Å².